The highest BCUT2D eigenvalue weighted by atomic mass is 35.5. The summed E-state index contributed by atoms with van der Waals surface area (Å²) in [5.41, 5.74) is -1.16. The van der Waals surface area contributed by atoms with E-state index in [1.165, 1.54) is 0 Å². The van der Waals surface area contributed by atoms with E-state index in [0.717, 1.165) is 6.20 Å². The lowest BCUT2D eigenvalue weighted by atomic mass is 9.91. The van der Waals surface area contributed by atoms with Crippen LogP contribution in [0.4, 0.5) is 11.5 Å². The highest BCUT2D eigenvalue weighted by Gasteiger charge is 2.58. The van der Waals surface area contributed by atoms with Crippen LogP contribution in [0.3, 0.4) is 0 Å². The Labute approximate surface area is 138 Å². The maximum Gasteiger partial charge on any atom is 0.329 e. The van der Waals surface area contributed by atoms with Crippen LogP contribution in [0.25, 0.3) is 0 Å². The lowest BCUT2D eigenvalue weighted by Gasteiger charge is -2.38. The number of carboxylic acids is 1. The second kappa shape index (κ2) is 6.27. The van der Waals surface area contributed by atoms with E-state index in [2.05, 4.69) is 9.97 Å². The van der Waals surface area contributed by atoms with Crippen molar-refractivity contribution < 1.29 is 14.8 Å². The minimum atomic E-state index is -0.885. The summed E-state index contributed by atoms with van der Waals surface area (Å²) in [5.74, 6) is -0.804. The Morgan fingerprint density at radius 3 is 2.57 bits per heavy atom. The van der Waals surface area contributed by atoms with Gasteiger partial charge in [-0.1, -0.05) is 6.92 Å². The normalized spacial score (nSPS) is 16.9. The molecule has 1 aromatic heterocycles. The van der Waals surface area contributed by atoms with Gasteiger partial charge in [-0.3, -0.25) is 14.9 Å². The predicted octanol–water partition coefficient (Wildman–Crippen LogP) is 2.90. The number of hydrogen-bond donors (Lipinski definition) is 1. The van der Waals surface area contributed by atoms with Crippen LogP contribution < -0.4 is 4.90 Å². The summed E-state index contributed by atoms with van der Waals surface area (Å²) >= 11 is 5.82. The Morgan fingerprint density at radius 2 is 2.17 bits per heavy atom. The monoisotopic (exact) mass is 342 g/mol. The SMILES string of the molecule is CCC(N(c1nc(Cl)ncc1[N+](=O)[O-])C(C)C)C1(C(=O)O)CC1. The molecule has 1 aromatic rings. The van der Waals surface area contributed by atoms with E-state index in [1.807, 2.05) is 20.8 Å². The summed E-state index contributed by atoms with van der Waals surface area (Å²) in [4.78, 5) is 31.8. The molecule has 8 nitrogen and oxygen atoms in total. The maximum absolute atomic E-state index is 11.7. The molecule has 2 rings (SSSR count). The Morgan fingerprint density at radius 1 is 1.57 bits per heavy atom. The summed E-state index contributed by atoms with van der Waals surface area (Å²) in [7, 11) is 0. The van der Waals surface area contributed by atoms with Crippen LogP contribution in [0.5, 0.6) is 0 Å². The first-order valence-electron chi connectivity index (χ1n) is 7.43. The van der Waals surface area contributed by atoms with E-state index >= 15 is 0 Å². The van der Waals surface area contributed by atoms with Crippen molar-refractivity contribution in [2.75, 3.05) is 4.90 Å². The van der Waals surface area contributed by atoms with Gasteiger partial charge in [-0.25, -0.2) is 4.98 Å². The third-order valence-electron chi connectivity index (χ3n) is 4.29. The van der Waals surface area contributed by atoms with Crippen LogP contribution in [0.1, 0.15) is 40.0 Å². The molecule has 0 aromatic carbocycles. The van der Waals surface area contributed by atoms with Gasteiger partial charge in [0.05, 0.1) is 10.3 Å². The Kier molecular flexibility index (Phi) is 4.74. The molecular weight excluding hydrogens is 324 g/mol. The summed E-state index contributed by atoms with van der Waals surface area (Å²) < 4.78 is 0. The summed E-state index contributed by atoms with van der Waals surface area (Å²) in [5, 5.41) is 20.8. The fraction of sp³-hybridized carbons (Fsp3) is 0.643. The van der Waals surface area contributed by atoms with Crippen molar-refractivity contribution >= 4 is 29.1 Å². The van der Waals surface area contributed by atoms with Crippen molar-refractivity contribution in [1.29, 1.82) is 0 Å². The van der Waals surface area contributed by atoms with E-state index in [9.17, 15) is 20.0 Å². The standard InChI is InChI=1S/C14H19ClN4O4/c1-4-10(14(5-6-14)12(20)21)18(8(2)3)11-9(19(22)23)7-16-13(15)17-11/h7-8,10H,4-6H2,1-3H3,(H,20,21). The Bertz CT molecular complexity index is 633. The number of aromatic nitrogens is 2. The van der Waals surface area contributed by atoms with Gasteiger partial charge in [0.2, 0.25) is 11.1 Å². The molecule has 1 fully saturated rings. The number of nitrogens with zero attached hydrogens (tertiary/aromatic N) is 4. The molecule has 0 amide bonds. The molecule has 0 radical (unpaired) electrons. The maximum atomic E-state index is 11.7. The predicted molar refractivity (Wildman–Crippen MR) is 84.7 cm³/mol. The fourth-order valence-electron chi connectivity index (χ4n) is 3.09. The van der Waals surface area contributed by atoms with E-state index in [1.54, 1.807) is 4.90 Å². The molecule has 0 spiro atoms. The van der Waals surface area contributed by atoms with Gasteiger partial charge >= 0.3 is 11.7 Å². The van der Waals surface area contributed by atoms with Gasteiger partial charge in [-0.2, -0.15) is 4.98 Å². The molecule has 1 unspecified atom stereocenters. The molecule has 1 aliphatic rings. The van der Waals surface area contributed by atoms with Gasteiger partial charge in [0, 0.05) is 12.1 Å². The molecule has 0 aliphatic heterocycles. The largest absolute Gasteiger partial charge is 0.481 e. The van der Waals surface area contributed by atoms with Crippen molar-refractivity contribution in [2.24, 2.45) is 5.41 Å². The zero-order chi connectivity index (χ0) is 17.4. The van der Waals surface area contributed by atoms with E-state index in [4.69, 9.17) is 11.6 Å². The zero-order valence-electron chi connectivity index (χ0n) is 13.2. The number of carbonyl (C=O) groups is 1. The lowest BCUT2D eigenvalue weighted by molar-refractivity contribution is -0.384. The van der Waals surface area contributed by atoms with Gasteiger partial charge in [-0.05, 0) is 44.7 Å². The molecule has 1 heterocycles. The smallest absolute Gasteiger partial charge is 0.329 e. The van der Waals surface area contributed by atoms with Gasteiger partial charge in [0.25, 0.3) is 0 Å². The Balaban J connectivity index is 2.57. The topological polar surface area (TPSA) is 109 Å². The third kappa shape index (κ3) is 3.08. The fourth-order valence-corrected chi connectivity index (χ4v) is 3.22. The minimum absolute atomic E-state index is 0.0735. The van der Waals surface area contributed by atoms with Crippen molar-refractivity contribution in [2.45, 2.75) is 52.1 Å². The summed E-state index contributed by atoms with van der Waals surface area (Å²) in [6.45, 7) is 5.57. The highest BCUT2D eigenvalue weighted by Crippen LogP contribution is 2.53. The zero-order valence-corrected chi connectivity index (χ0v) is 13.9. The second-order valence-electron chi connectivity index (χ2n) is 5.99. The number of carboxylic acid groups (broad SMARTS) is 1. The van der Waals surface area contributed by atoms with Crippen molar-refractivity contribution in [3.8, 4) is 0 Å². The second-order valence-corrected chi connectivity index (χ2v) is 6.33. The molecule has 1 aliphatic carbocycles. The number of anilines is 1. The molecule has 126 valence electrons. The summed E-state index contributed by atoms with van der Waals surface area (Å²) in [6.07, 6.45) is 2.70. The van der Waals surface area contributed by atoms with Crippen LogP contribution in [0.2, 0.25) is 5.28 Å². The van der Waals surface area contributed by atoms with Crippen LogP contribution in [-0.4, -0.2) is 38.1 Å². The number of halogens is 1. The van der Waals surface area contributed by atoms with Gasteiger partial charge in [0.1, 0.15) is 6.20 Å². The van der Waals surface area contributed by atoms with Crippen LogP contribution in [0, 0.1) is 15.5 Å². The quantitative estimate of drug-likeness (QED) is 0.461. The molecule has 23 heavy (non-hydrogen) atoms. The molecule has 0 saturated heterocycles. The third-order valence-corrected chi connectivity index (χ3v) is 4.48. The van der Waals surface area contributed by atoms with Gasteiger partial charge in [0.15, 0.2) is 0 Å². The van der Waals surface area contributed by atoms with Crippen molar-refractivity contribution in [3.05, 3.63) is 21.6 Å². The van der Waals surface area contributed by atoms with Crippen LogP contribution in [-0.2, 0) is 4.79 Å². The van der Waals surface area contributed by atoms with Crippen LogP contribution in [0.15, 0.2) is 6.20 Å². The first kappa shape index (κ1) is 17.4. The number of aliphatic carboxylic acids is 1. The van der Waals surface area contributed by atoms with Crippen LogP contribution >= 0.6 is 11.6 Å². The average Bonchev–Trinajstić information content (AvgIpc) is 3.25. The average molecular weight is 343 g/mol. The highest BCUT2D eigenvalue weighted by molar-refractivity contribution is 6.28. The van der Waals surface area contributed by atoms with E-state index < -0.39 is 22.3 Å². The molecule has 1 atom stereocenters. The van der Waals surface area contributed by atoms with Crippen molar-refractivity contribution in [1.82, 2.24) is 9.97 Å². The molecule has 9 heteroatoms. The van der Waals surface area contributed by atoms with Gasteiger partial charge in [-0.15, -0.1) is 0 Å². The van der Waals surface area contributed by atoms with Crippen molar-refractivity contribution in [3.63, 3.8) is 0 Å². The first-order chi connectivity index (χ1) is 10.7. The molecule has 0 bridgehead atoms. The molecule has 1 saturated carbocycles. The minimum Gasteiger partial charge on any atom is -0.481 e. The first-order valence-corrected chi connectivity index (χ1v) is 7.81. The molecule has 1 N–H and O–H groups in total. The number of hydrogen-bond acceptors (Lipinski definition) is 6. The Hall–Kier alpha value is -1.96. The summed E-state index contributed by atoms with van der Waals surface area (Å²) in [6, 6.07) is -0.578. The number of rotatable bonds is 7. The molecular formula is C14H19ClN4O4. The number of nitro groups is 1. The van der Waals surface area contributed by atoms with E-state index in [-0.39, 0.29) is 22.8 Å². The lowest BCUT2D eigenvalue weighted by Crippen LogP contribution is -2.49. The van der Waals surface area contributed by atoms with Gasteiger partial charge < -0.3 is 10.0 Å². The van der Waals surface area contributed by atoms with E-state index in [0.29, 0.717) is 19.3 Å².